The predicted molar refractivity (Wildman–Crippen MR) is 109 cm³/mol. The smallest absolute Gasteiger partial charge is 0.338 e. The first-order valence-corrected chi connectivity index (χ1v) is 10.7. The fourth-order valence-corrected chi connectivity index (χ4v) is 4.68. The summed E-state index contributed by atoms with van der Waals surface area (Å²) < 4.78 is 66.9. The zero-order valence-corrected chi connectivity index (χ0v) is 17.7. The van der Waals surface area contributed by atoms with Crippen molar-refractivity contribution in [2.24, 2.45) is 0 Å². The summed E-state index contributed by atoms with van der Waals surface area (Å²) in [5, 5.41) is 9.78. The molecule has 1 aliphatic heterocycles. The number of nitrogens with zero attached hydrogens (tertiary/aromatic N) is 1. The minimum atomic E-state index is -4.58. The number of ether oxygens (including phenoxy) is 2. The molecule has 0 spiro atoms. The summed E-state index contributed by atoms with van der Waals surface area (Å²) in [6.45, 7) is -0.440. The van der Waals surface area contributed by atoms with Gasteiger partial charge in [-0.1, -0.05) is 11.6 Å². The van der Waals surface area contributed by atoms with Crippen LogP contribution < -0.4 is 9.46 Å². The lowest BCUT2D eigenvalue weighted by Crippen LogP contribution is -2.15. The van der Waals surface area contributed by atoms with Crippen LogP contribution in [0.1, 0.15) is 15.9 Å². The average Bonchev–Trinajstić information content (AvgIpc) is 2.73. The second-order valence-corrected chi connectivity index (χ2v) is 8.75. The number of anilines is 1. The number of benzene rings is 2. The number of esters is 1. The summed E-state index contributed by atoms with van der Waals surface area (Å²) in [4.78, 5) is 15.3. The predicted octanol–water partition coefficient (Wildman–Crippen LogP) is 3.87. The van der Waals surface area contributed by atoms with Crippen LogP contribution in [-0.2, 0) is 21.4 Å². The number of aromatic hydroxyl groups is 1. The molecule has 0 radical (unpaired) electrons. The SMILES string of the molecule is COc1c(F)cc2cc1NS(=O)(=O)c1cc(cc(Cl)c1O)C(=O)OCc1cc(F)ncc1-2. The number of fused-ring (bicyclic) bond motifs is 6. The van der Waals surface area contributed by atoms with Crippen molar-refractivity contribution >= 4 is 33.3 Å². The van der Waals surface area contributed by atoms with Crippen LogP contribution in [0, 0.1) is 11.8 Å². The van der Waals surface area contributed by atoms with Gasteiger partial charge in [0, 0.05) is 23.4 Å². The number of rotatable bonds is 1. The highest BCUT2D eigenvalue weighted by Gasteiger charge is 2.27. The molecule has 4 bridgehead atoms. The molecule has 1 aromatic heterocycles. The first-order valence-electron chi connectivity index (χ1n) is 8.85. The summed E-state index contributed by atoms with van der Waals surface area (Å²) in [5.41, 5.74) is -0.159. The fraction of sp³-hybridized carbons (Fsp3) is 0.100. The quantitative estimate of drug-likeness (QED) is 0.399. The standard InChI is InChI=1S/C20H13ClF2N2O6S/c1-30-19-14(22)3-9-4-15(19)25-32(28,29)16-5-10(2-13(21)18(16)26)20(27)31-8-11-6-17(23)24-7-12(9)11/h2-7,25-26H,8H2,1H3. The molecule has 3 aromatic rings. The van der Waals surface area contributed by atoms with E-state index in [9.17, 15) is 27.1 Å². The van der Waals surface area contributed by atoms with Crippen molar-refractivity contribution in [3.63, 3.8) is 0 Å². The topological polar surface area (TPSA) is 115 Å². The van der Waals surface area contributed by atoms with Crippen LogP contribution >= 0.6 is 11.6 Å². The molecule has 0 atom stereocenters. The molecule has 2 aromatic carbocycles. The molecular weight excluding hydrogens is 470 g/mol. The number of sulfonamides is 1. The molecule has 12 heteroatoms. The number of nitrogens with one attached hydrogen (secondary N) is 1. The molecule has 2 N–H and O–H groups in total. The number of carbonyl (C=O) groups excluding carboxylic acids is 1. The average molecular weight is 483 g/mol. The molecule has 2 heterocycles. The van der Waals surface area contributed by atoms with Gasteiger partial charge in [-0.2, -0.15) is 4.39 Å². The zero-order valence-electron chi connectivity index (χ0n) is 16.1. The van der Waals surface area contributed by atoms with E-state index in [4.69, 9.17) is 21.1 Å². The van der Waals surface area contributed by atoms with E-state index in [-0.39, 0.29) is 27.9 Å². The Hall–Kier alpha value is -3.44. The number of hydrogen-bond acceptors (Lipinski definition) is 7. The van der Waals surface area contributed by atoms with Crippen molar-refractivity contribution in [2.75, 3.05) is 11.8 Å². The summed E-state index contributed by atoms with van der Waals surface area (Å²) in [5.74, 6) is -4.04. The summed E-state index contributed by atoms with van der Waals surface area (Å²) >= 11 is 5.91. The maximum Gasteiger partial charge on any atom is 0.338 e. The van der Waals surface area contributed by atoms with Gasteiger partial charge in [-0.3, -0.25) is 4.72 Å². The Morgan fingerprint density at radius 1 is 1.19 bits per heavy atom. The van der Waals surface area contributed by atoms with Crippen LogP contribution in [0.4, 0.5) is 14.5 Å². The third kappa shape index (κ3) is 3.80. The monoisotopic (exact) mass is 482 g/mol. The number of pyridine rings is 1. The lowest BCUT2D eigenvalue weighted by molar-refractivity contribution is 0.0472. The normalized spacial score (nSPS) is 14.7. The number of phenols is 1. The van der Waals surface area contributed by atoms with Gasteiger partial charge in [-0.05, 0) is 29.8 Å². The van der Waals surface area contributed by atoms with E-state index in [1.54, 1.807) is 0 Å². The number of phenolic OH excluding ortho intramolecular Hbond substituents is 1. The molecular formula is C20H13ClF2N2O6S. The minimum absolute atomic E-state index is 0.104. The summed E-state index contributed by atoms with van der Waals surface area (Å²) in [7, 11) is -3.45. The minimum Gasteiger partial charge on any atom is -0.505 e. The maximum absolute atomic E-state index is 14.8. The highest BCUT2D eigenvalue weighted by molar-refractivity contribution is 7.92. The lowest BCUT2D eigenvalue weighted by atomic mass is 10.0. The Balaban J connectivity index is 2.04. The largest absolute Gasteiger partial charge is 0.505 e. The van der Waals surface area contributed by atoms with Crippen molar-refractivity contribution in [2.45, 2.75) is 11.5 Å². The van der Waals surface area contributed by atoms with E-state index in [1.807, 2.05) is 0 Å². The van der Waals surface area contributed by atoms with E-state index in [1.165, 1.54) is 6.07 Å². The van der Waals surface area contributed by atoms with Gasteiger partial charge >= 0.3 is 5.97 Å². The molecule has 8 nitrogen and oxygen atoms in total. The number of aromatic nitrogens is 1. The van der Waals surface area contributed by atoms with Crippen LogP contribution in [0.3, 0.4) is 0 Å². The third-order valence-corrected chi connectivity index (χ3v) is 6.34. The molecule has 0 saturated heterocycles. The number of halogens is 3. The third-order valence-electron chi connectivity index (χ3n) is 4.67. The van der Waals surface area contributed by atoms with E-state index >= 15 is 0 Å². The molecule has 166 valence electrons. The molecule has 4 rings (SSSR count). The van der Waals surface area contributed by atoms with Crippen LogP contribution in [0.2, 0.25) is 5.02 Å². The highest BCUT2D eigenvalue weighted by Crippen LogP contribution is 2.39. The Bertz CT molecular complexity index is 1380. The van der Waals surface area contributed by atoms with Crippen LogP contribution in [0.25, 0.3) is 11.1 Å². The van der Waals surface area contributed by atoms with Gasteiger partial charge in [0.1, 0.15) is 11.5 Å². The summed E-state index contributed by atoms with van der Waals surface area (Å²) in [6.07, 6.45) is 1.10. The van der Waals surface area contributed by atoms with Crippen molar-refractivity contribution in [3.05, 3.63) is 64.4 Å². The van der Waals surface area contributed by atoms with Gasteiger partial charge < -0.3 is 14.6 Å². The maximum atomic E-state index is 14.8. The second kappa shape index (κ2) is 7.92. The Labute approximate surface area is 185 Å². The molecule has 32 heavy (non-hydrogen) atoms. The summed E-state index contributed by atoms with van der Waals surface area (Å²) in [6, 6.07) is 5.14. The molecule has 0 saturated carbocycles. The van der Waals surface area contributed by atoms with E-state index in [0.717, 1.165) is 37.6 Å². The number of methoxy groups -OCH3 is 1. The number of hydrogen-bond donors (Lipinski definition) is 2. The first-order chi connectivity index (χ1) is 15.1. The van der Waals surface area contributed by atoms with Gasteiger partial charge in [0.2, 0.25) is 5.95 Å². The van der Waals surface area contributed by atoms with Crippen LogP contribution in [0.5, 0.6) is 11.5 Å². The van der Waals surface area contributed by atoms with E-state index in [0.29, 0.717) is 0 Å². The van der Waals surface area contributed by atoms with Crippen molar-refractivity contribution in [3.8, 4) is 22.6 Å². The van der Waals surface area contributed by atoms with Crippen molar-refractivity contribution in [1.82, 2.24) is 4.98 Å². The fourth-order valence-electron chi connectivity index (χ4n) is 3.20. The van der Waals surface area contributed by atoms with Crippen molar-refractivity contribution in [1.29, 1.82) is 0 Å². The lowest BCUT2D eigenvalue weighted by Gasteiger charge is -2.16. The van der Waals surface area contributed by atoms with Crippen molar-refractivity contribution < 1.29 is 36.6 Å². The zero-order chi connectivity index (χ0) is 23.2. The van der Waals surface area contributed by atoms with Gasteiger partial charge in [0.25, 0.3) is 10.0 Å². The molecule has 0 fully saturated rings. The molecule has 0 aliphatic carbocycles. The van der Waals surface area contributed by atoms with E-state index < -0.39 is 55.8 Å². The first kappa shape index (κ1) is 21.8. The highest BCUT2D eigenvalue weighted by atomic mass is 35.5. The van der Waals surface area contributed by atoms with E-state index in [2.05, 4.69) is 9.71 Å². The molecule has 1 aliphatic rings. The van der Waals surface area contributed by atoms with Gasteiger partial charge in [0.15, 0.2) is 17.3 Å². The molecule has 0 amide bonds. The number of cyclic esters (lactones) is 1. The second-order valence-electron chi connectivity index (χ2n) is 6.69. The van der Waals surface area contributed by atoms with Gasteiger partial charge in [-0.25, -0.2) is 22.6 Å². The van der Waals surface area contributed by atoms with Crippen LogP contribution in [-0.4, -0.2) is 31.6 Å². The number of carbonyl (C=O) groups is 1. The Kier molecular flexibility index (Phi) is 5.39. The van der Waals surface area contributed by atoms with Gasteiger partial charge in [-0.15, -0.1) is 0 Å². The molecule has 0 unspecified atom stereocenters. The van der Waals surface area contributed by atoms with Gasteiger partial charge in [0.05, 0.1) is 23.4 Å². The Morgan fingerprint density at radius 2 is 1.94 bits per heavy atom. The Morgan fingerprint density at radius 3 is 2.66 bits per heavy atom. The van der Waals surface area contributed by atoms with Crippen LogP contribution in [0.15, 0.2) is 41.4 Å².